The number of aryl methyl sites for hydroxylation is 1. The summed E-state index contributed by atoms with van der Waals surface area (Å²) in [5.41, 5.74) is 3.07. The molecule has 0 radical (unpaired) electrons. The van der Waals surface area contributed by atoms with Gasteiger partial charge >= 0.3 is 11.6 Å². The largest absolute Gasteiger partial charge is 0.497 e. The lowest BCUT2D eigenvalue weighted by molar-refractivity contribution is 0.0470. The number of hydrogen-bond acceptors (Lipinski definition) is 6. The Morgan fingerprint density at radius 3 is 2.48 bits per heavy atom. The van der Waals surface area contributed by atoms with E-state index in [1.807, 2.05) is 19.1 Å². The van der Waals surface area contributed by atoms with Crippen molar-refractivity contribution in [3.05, 3.63) is 69.1 Å². The van der Waals surface area contributed by atoms with E-state index in [9.17, 15) is 9.59 Å². The van der Waals surface area contributed by atoms with Crippen LogP contribution in [0.2, 0.25) is 0 Å². The molecule has 0 unspecified atom stereocenters. The fraction of sp³-hybridized carbons (Fsp3) is 0.304. The van der Waals surface area contributed by atoms with Crippen LogP contribution < -0.4 is 15.1 Å². The molecule has 1 heterocycles. The second-order valence-corrected chi connectivity index (χ2v) is 7.09. The molecule has 2 aromatic carbocycles. The average molecular weight is 396 g/mol. The second-order valence-electron chi connectivity index (χ2n) is 7.09. The third-order valence-electron chi connectivity index (χ3n) is 4.83. The molecule has 0 atom stereocenters. The average Bonchev–Trinajstić information content (AvgIpc) is 2.70. The van der Waals surface area contributed by atoms with Crippen molar-refractivity contribution in [1.82, 2.24) is 0 Å². The van der Waals surface area contributed by atoms with Crippen molar-refractivity contribution < 1.29 is 23.4 Å². The van der Waals surface area contributed by atoms with Crippen LogP contribution >= 0.6 is 0 Å². The maximum absolute atomic E-state index is 12.6. The summed E-state index contributed by atoms with van der Waals surface area (Å²) in [5.74, 6) is 0.679. The predicted molar refractivity (Wildman–Crippen MR) is 110 cm³/mol. The van der Waals surface area contributed by atoms with Crippen LogP contribution in [0.5, 0.6) is 11.5 Å². The number of hydrogen-bond donors (Lipinski definition) is 0. The molecule has 0 N–H and O–H groups in total. The monoisotopic (exact) mass is 396 g/mol. The van der Waals surface area contributed by atoms with Crippen LogP contribution in [0.4, 0.5) is 0 Å². The number of carbonyl (C=O) groups excluding carboxylic acids is 1. The number of esters is 1. The summed E-state index contributed by atoms with van der Waals surface area (Å²) in [7, 11) is 3.00. The normalized spacial score (nSPS) is 11.0. The van der Waals surface area contributed by atoms with Gasteiger partial charge in [0.25, 0.3) is 0 Å². The number of fused-ring (bicyclic) bond motifs is 1. The fourth-order valence-electron chi connectivity index (χ4n) is 3.32. The van der Waals surface area contributed by atoms with E-state index in [0.29, 0.717) is 28.6 Å². The van der Waals surface area contributed by atoms with Crippen molar-refractivity contribution in [2.45, 2.75) is 33.3 Å². The Hall–Kier alpha value is -3.28. The Balaban J connectivity index is 1.93. The van der Waals surface area contributed by atoms with Crippen molar-refractivity contribution in [3.8, 4) is 11.5 Å². The Morgan fingerprint density at radius 2 is 1.83 bits per heavy atom. The highest BCUT2D eigenvalue weighted by Gasteiger charge is 2.17. The Kier molecular flexibility index (Phi) is 5.92. The third-order valence-corrected chi connectivity index (χ3v) is 4.83. The van der Waals surface area contributed by atoms with Crippen LogP contribution in [-0.4, -0.2) is 20.2 Å². The summed E-state index contributed by atoms with van der Waals surface area (Å²) in [5, 5.41) is 0.758. The van der Waals surface area contributed by atoms with Crippen molar-refractivity contribution >= 4 is 16.9 Å². The fourth-order valence-corrected chi connectivity index (χ4v) is 3.32. The van der Waals surface area contributed by atoms with E-state index in [1.54, 1.807) is 18.2 Å². The van der Waals surface area contributed by atoms with Gasteiger partial charge in [-0.2, -0.15) is 0 Å². The summed E-state index contributed by atoms with van der Waals surface area (Å²) < 4.78 is 21.2. The first-order chi connectivity index (χ1) is 13.8. The first-order valence-corrected chi connectivity index (χ1v) is 9.30. The van der Waals surface area contributed by atoms with E-state index in [4.69, 9.17) is 18.6 Å². The molecule has 0 spiro atoms. The molecule has 6 nitrogen and oxygen atoms in total. The van der Waals surface area contributed by atoms with Gasteiger partial charge in [-0.3, -0.25) is 0 Å². The summed E-state index contributed by atoms with van der Waals surface area (Å²) in [4.78, 5) is 24.6. The number of benzene rings is 2. The summed E-state index contributed by atoms with van der Waals surface area (Å²) in [6.45, 7) is 6.12. The van der Waals surface area contributed by atoms with E-state index >= 15 is 0 Å². The molecule has 3 rings (SSSR count). The molecule has 0 amide bonds. The Bertz CT molecular complexity index is 1110. The minimum atomic E-state index is -0.554. The van der Waals surface area contributed by atoms with Crippen LogP contribution in [0.3, 0.4) is 0 Å². The van der Waals surface area contributed by atoms with Crippen LogP contribution in [-0.2, 0) is 11.3 Å². The quantitative estimate of drug-likeness (QED) is 0.448. The SMILES string of the molecule is COc1ccc(C(=O)OCc2cc(=O)oc3cc(C)c(C(C)C)cc23)c(OC)c1. The molecule has 6 heteroatoms. The zero-order chi connectivity index (χ0) is 21.1. The van der Waals surface area contributed by atoms with Crippen LogP contribution in [0.1, 0.15) is 46.8 Å². The van der Waals surface area contributed by atoms with Gasteiger partial charge in [0.1, 0.15) is 29.3 Å². The number of ether oxygens (including phenoxy) is 3. The van der Waals surface area contributed by atoms with Crippen molar-refractivity contribution in [2.24, 2.45) is 0 Å². The minimum Gasteiger partial charge on any atom is -0.497 e. The first-order valence-electron chi connectivity index (χ1n) is 9.30. The molecule has 0 bridgehead atoms. The lowest BCUT2D eigenvalue weighted by Crippen LogP contribution is -2.09. The minimum absolute atomic E-state index is 0.0588. The molecule has 152 valence electrons. The molecular weight excluding hydrogens is 372 g/mol. The lowest BCUT2D eigenvalue weighted by atomic mass is 9.95. The molecular formula is C23H24O6. The molecule has 0 aliphatic heterocycles. The molecule has 1 aromatic heterocycles. The van der Waals surface area contributed by atoms with Gasteiger partial charge in [-0.05, 0) is 48.2 Å². The summed E-state index contributed by atoms with van der Waals surface area (Å²) in [6, 6.07) is 10.1. The molecule has 0 fully saturated rings. The van der Waals surface area contributed by atoms with Gasteiger partial charge in [0, 0.05) is 23.1 Å². The molecule has 29 heavy (non-hydrogen) atoms. The highest BCUT2D eigenvalue weighted by atomic mass is 16.5. The Labute approximate surface area is 169 Å². The van der Waals surface area contributed by atoms with E-state index in [1.165, 1.54) is 20.3 Å². The molecule has 0 saturated heterocycles. The van der Waals surface area contributed by atoms with Gasteiger partial charge < -0.3 is 18.6 Å². The molecule has 0 aliphatic carbocycles. The highest BCUT2D eigenvalue weighted by molar-refractivity contribution is 5.93. The lowest BCUT2D eigenvalue weighted by Gasteiger charge is -2.14. The van der Waals surface area contributed by atoms with E-state index in [2.05, 4.69) is 13.8 Å². The van der Waals surface area contributed by atoms with Gasteiger partial charge in [-0.1, -0.05) is 13.8 Å². The molecule has 0 aliphatic rings. The smallest absolute Gasteiger partial charge is 0.342 e. The third kappa shape index (κ3) is 4.26. The van der Waals surface area contributed by atoms with Gasteiger partial charge in [0.2, 0.25) is 0 Å². The molecule has 3 aromatic rings. The van der Waals surface area contributed by atoms with E-state index in [-0.39, 0.29) is 12.2 Å². The van der Waals surface area contributed by atoms with Crippen LogP contribution in [0.25, 0.3) is 11.0 Å². The maximum atomic E-state index is 12.6. The Morgan fingerprint density at radius 1 is 1.07 bits per heavy atom. The zero-order valence-corrected chi connectivity index (χ0v) is 17.2. The first kappa shape index (κ1) is 20.5. The second kappa shape index (κ2) is 8.39. The maximum Gasteiger partial charge on any atom is 0.342 e. The summed E-state index contributed by atoms with van der Waals surface area (Å²) >= 11 is 0. The standard InChI is InChI=1S/C23H24O6/c1-13(2)18-11-19-15(9-22(24)29-21(19)8-14(18)3)12-28-23(25)17-7-6-16(26-4)10-20(17)27-5/h6-11,13H,12H2,1-5H3. The van der Waals surface area contributed by atoms with Crippen molar-refractivity contribution in [1.29, 1.82) is 0 Å². The zero-order valence-electron chi connectivity index (χ0n) is 17.2. The van der Waals surface area contributed by atoms with E-state index in [0.717, 1.165) is 16.5 Å². The summed E-state index contributed by atoms with van der Waals surface area (Å²) in [6.07, 6.45) is 0. The van der Waals surface area contributed by atoms with Crippen molar-refractivity contribution in [3.63, 3.8) is 0 Å². The van der Waals surface area contributed by atoms with Crippen molar-refractivity contribution in [2.75, 3.05) is 14.2 Å². The van der Waals surface area contributed by atoms with Gasteiger partial charge in [-0.15, -0.1) is 0 Å². The van der Waals surface area contributed by atoms with Gasteiger partial charge in [0.05, 0.1) is 14.2 Å². The van der Waals surface area contributed by atoms with E-state index < -0.39 is 11.6 Å². The number of rotatable bonds is 6. The number of carbonyl (C=O) groups is 1. The predicted octanol–water partition coefficient (Wildman–Crippen LogP) is 4.60. The highest BCUT2D eigenvalue weighted by Crippen LogP contribution is 2.28. The van der Waals surface area contributed by atoms with Crippen LogP contribution in [0, 0.1) is 6.92 Å². The van der Waals surface area contributed by atoms with Crippen LogP contribution in [0.15, 0.2) is 45.6 Å². The number of methoxy groups -OCH3 is 2. The van der Waals surface area contributed by atoms with Gasteiger partial charge in [-0.25, -0.2) is 9.59 Å². The van der Waals surface area contributed by atoms with Gasteiger partial charge in [0.15, 0.2) is 0 Å². The topological polar surface area (TPSA) is 75.0 Å². The molecule has 0 saturated carbocycles.